The summed E-state index contributed by atoms with van der Waals surface area (Å²) in [7, 11) is 0. The van der Waals surface area contributed by atoms with Crippen LogP contribution in [0.15, 0.2) is 36.4 Å². The Kier molecular flexibility index (Phi) is 6.76. The Morgan fingerprint density at radius 1 is 1.19 bits per heavy atom. The summed E-state index contributed by atoms with van der Waals surface area (Å²) in [4.78, 5) is 36.7. The summed E-state index contributed by atoms with van der Waals surface area (Å²) in [6.45, 7) is 3.34. The van der Waals surface area contributed by atoms with E-state index in [1.807, 2.05) is 0 Å². The van der Waals surface area contributed by atoms with Crippen LogP contribution in [-0.4, -0.2) is 34.7 Å². The van der Waals surface area contributed by atoms with Gasteiger partial charge in [-0.25, -0.2) is 0 Å². The molecule has 9 heteroatoms. The SMILES string of the molecule is CCN(CC(=O)Nc1c(Cl)cccc1Cl)C(=O)c1ccc([N+](=O)[O-])c(C)c1. The van der Waals surface area contributed by atoms with Crippen LogP contribution in [0, 0.1) is 17.0 Å². The number of halogens is 2. The Bertz CT molecular complexity index is 882. The number of nitrogens with one attached hydrogen (secondary N) is 1. The van der Waals surface area contributed by atoms with Crippen molar-refractivity contribution in [2.75, 3.05) is 18.4 Å². The highest BCUT2D eigenvalue weighted by Gasteiger charge is 2.20. The lowest BCUT2D eigenvalue weighted by Gasteiger charge is -2.21. The quantitative estimate of drug-likeness (QED) is 0.567. The van der Waals surface area contributed by atoms with E-state index in [1.54, 1.807) is 32.0 Å². The number of amides is 2. The van der Waals surface area contributed by atoms with Crippen LogP contribution in [0.3, 0.4) is 0 Å². The molecule has 27 heavy (non-hydrogen) atoms. The Hall–Kier alpha value is -2.64. The summed E-state index contributed by atoms with van der Waals surface area (Å²) in [5.41, 5.74) is 0.846. The van der Waals surface area contributed by atoms with Gasteiger partial charge in [0.2, 0.25) is 5.91 Å². The molecule has 2 aromatic rings. The number of likely N-dealkylation sites (N-methyl/N-ethyl adjacent to an activating group) is 1. The van der Waals surface area contributed by atoms with Crippen molar-refractivity contribution in [2.24, 2.45) is 0 Å². The predicted octanol–water partition coefficient (Wildman–Crippen LogP) is 4.31. The van der Waals surface area contributed by atoms with Crippen molar-refractivity contribution in [1.29, 1.82) is 0 Å². The number of rotatable bonds is 6. The first kappa shape index (κ1) is 20.7. The smallest absolute Gasteiger partial charge is 0.272 e. The maximum absolute atomic E-state index is 12.7. The van der Waals surface area contributed by atoms with Crippen molar-refractivity contribution in [1.82, 2.24) is 4.90 Å². The topological polar surface area (TPSA) is 92.6 Å². The Balaban J connectivity index is 2.14. The minimum Gasteiger partial charge on any atom is -0.330 e. The molecule has 0 unspecified atom stereocenters. The van der Waals surface area contributed by atoms with E-state index in [9.17, 15) is 19.7 Å². The van der Waals surface area contributed by atoms with Crippen LogP contribution in [0.5, 0.6) is 0 Å². The maximum Gasteiger partial charge on any atom is 0.272 e. The fourth-order valence-corrected chi connectivity index (χ4v) is 2.96. The number of hydrogen-bond donors (Lipinski definition) is 1. The molecule has 0 aromatic heterocycles. The van der Waals surface area contributed by atoms with E-state index in [2.05, 4.69) is 5.32 Å². The Morgan fingerprint density at radius 3 is 2.33 bits per heavy atom. The summed E-state index contributed by atoms with van der Waals surface area (Å²) in [5.74, 6) is -0.866. The van der Waals surface area contributed by atoms with E-state index in [0.29, 0.717) is 5.56 Å². The molecule has 0 saturated heterocycles. The van der Waals surface area contributed by atoms with E-state index in [0.717, 1.165) is 0 Å². The second-order valence-corrected chi connectivity index (χ2v) is 6.54. The van der Waals surface area contributed by atoms with Crippen molar-refractivity contribution in [3.05, 3.63) is 67.7 Å². The molecule has 0 aliphatic rings. The fourth-order valence-electron chi connectivity index (χ4n) is 2.47. The average Bonchev–Trinajstić information content (AvgIpc) is 2.62. The fraction of sp³-hybridized carbons (Fsp3) is 0.222. The monoisotopic (exact) mass is 409 g/mol. The molecule has 0 bridgehead atoms. The van der Waals surface area contributed by atoms with Gasteiger partial charge >= 0.3 is 0 Å². The highest BCUT2D eigenvalue weighted by molar-refractivity contribution is 6.39. The van der Waals surface area contributed by atoms with Crippen LogP contribution in [0.4, 0.5) is 11.4 Å². The summed E-state index contributed by atoms with van der Waals surface area (Å²) in [6, 6.07) is 8.92. The van der Waals surface area contributed by atoms with Crippen molar-refractivity contribution in [3.8, 4) is 0 Å². The van der Waals surface area contributed by atoms with Gasteiger partial charge in [-0.3, -0.25) is 19.7 Å². The van der Waals surface area contributed by atoms with Gasteiger partial charge in [-0.05, 0) is 38.1 Å². The first-order chi connectivity index (χ1) is 12.7. The van der Waals surface area contributed by atoms with Crippen LogP contribution in [0.2, 0.25) is 10.0 Å². The first-order valence-electron chi connectivity index (χ1n) is 8.02. The largest absolute Gasteiger partial charge is 0.330 e. The molecule has 2 amide bonds. The Labute approximate surface area is 166 Å². The van der Waals surface area contributed by atoms with Gasteiger partial charge in [-0.15, -0.1) is 0 Å². The van der Waals surface area contributed by atoms with Gasteiger partial charge in [0, 0.05) is 23.7 Å². The maximum atomic E-state index is 12.7. The number of anilines is 1. The van der Waals surface area contributed by atoms with Gasteiger partial charge in [0.25, 0.3) is 11.6 Å². The normalized spacial score (nSPS) is 10.4. The minimum atomic E-state index is -0.512. The van der Waals surface area contributed by atoms with Crippen LogP contribution in [0.1, 0.15) is 22.8 Å². The molecule has 0 aliphatic carbocycles. The average molecular weight is 410 g/mol. The summed E-state index contributed by atoms with van der Waals surface area (Å²) >= 11 is 12.1. The number of benzene rings is 2. The third-order valence-electron chi connectivity index (χ3n) is 3.87. The molecular formula is C18H17Cl2N3O4. The zero-order valence-corrected chi connectivity index (χ0v) is 16.2. The van der Waals surface area contributed by atoms with Crippen LogP contribution in [0.25, 0.3) is 0 Å². The van der Waals surface area contributed by atoms with E-state index in [1.165, 1.54) is 23.1 Å². The highest BCUT2D eigenvalue weighted by Crippen LogP contribution is 2.29. The molecule has 0 atom stereocenters. The van der Waals surface area contributed by atoms with Gasteiger partial charge in [-0.1, -0.05) is 29.3 Å². The zero-order chi connectivity index (χ0) is 20.1. The second kappa shape index (κ2) is 8.83. The lowest BCUT2D eigenvalue weighted by atomic mass is 10.1. The van der Waals surface area contributed by atoms with Crippen molar-refractivity contribution in [2.45, 2.75) is 13.8 Å². The number of aryl methyl sites for hydroxylation is 1. The third kappa shape index (κ3) is 4.96. The molecular weight excluding hydrogens is 393 g/mol. The molecule has 2 aromatic carbocycles. The van der Waals surface area contributed by atoms with E-state index in [4.69, 9.17) is 23.2 Å². The van der Waals surface area contributed by atoms with E-state index >= 15 is 0 Å². The van der Waals surface area contributed by atoms with Crippen LogP contribution >= 0.6 is 23.2 Å². The zero-order valence-electron chi connectivity index (χ0n) is 14.7. The third-order valence-corrected chi connectivity index (χ3v) is 4.50. The molecule has 0 fully saturated rings. The number of hydrogen-bond acceptors (Lipinski definition) is 4. The van der Waals surface area contributed by atoms with E-state index < -0.39 is 16.7 Å². The standard InChI is InChI=1S/C18H17Cl2N3O4/c1-3-22(10-16(24)21-17-13(19)5-4-6-14(17)20)18(25)12-7-8-15(23(26)27)11(2)9-12/h4-9H,3,10H2,1-2H3,(H,21,24). The number of carbonyl (C=O) groups is 2. The summed E-state index contributed by atoms with van der Waals surface area (Å²) < 4.78 is 0. The number of para-hydroxylation sites is 1. The number of nitro groups is 1. The lowest BCUT2D eigenvalue weighted by Crippen LogP contribution is -2.38. The lowest BCUT2D eigenvalue weighted by molar-refractivity contribution is -0.385. The number of nitrogens with zero attached hydrogens (tertiary/aromatic N) is 2. The second-order valence-electron chi connectivity index (χ2n) is 5.72. The van der Waals surface area contributed by atoms with Crippen molar-refractivity contribution in [3.63, 3.8) is 0 Å². The molecule has 2 rings (SSSR count). The first-order valence-corrected chi connectivity index (χ1v) is 8.78. The highest BCUT2D eigenvalue weighted by atomic mass is 35.5. The van der Waals surface area contributed by atoms with Gasteiger partial charge in [0.05, 0.1) is 20.7 Å². The van der Waals surface area contributed by atoms with Gasteiger partial charge < -0.3 is 10.2 Å². The van der Waals surface area contributed by atoms with Crippen LogP contribution in [-0.2, 0) is 4.79 Å². The molecule has 0 heterocycles. The molecule has 7 nitrogen and oxygen atoms in total. The van der Waals surface area contributed by atoms with Gasteiger partial charge in [-0.2, -0.15) is 0 Å². The minimum absolute atomic E-state index is 0.0688. The molecule has 0 aliphatic heterocycles. The Morgan fingerprint density at radius 2 is 1.81 bits per heavy atom. The molecule has 142 valence electrons. The van der Waals surface area contributed by atoms with E-state index in [-0.39, 0.29) is 40.1 Å². The molecule has 0 spiro atoms. The summed E-state index contributed by atoms with van der Waals surface area (Å²) in [6.07, 6.45) is 0. The number of carbonyl (C=O) groups excluding carboxylic acids is 2. The van der Waals surface area contributed by atoms with Crippen LogP contribution < -0.4 is 5.32 Å². The molecule has 1 N–H and O–H groups in total. The van der Waals surface area contributed by atoms with Gasteiger partial charge in [0.1, 0.15) is 6.54 Å². The van der Waals surface area contributed by atoms with Crippen molar-refractivity contribution >= 4 is 46.4 Å². The molecule has 0 saturated carbocycles. The molecule has 0 radical (unpaired) electrons. The predicted molar refractivity (Wildman–Crippen MR) is 105 cm³/mol. The number of nitro benzene ring substituents is 1. The summed E-state index contributed by atoms with van der Waals surface area (Å²) in [5, 5.41) is 14.1. The van der Waals surface area contributed by atoms with Gasteiger partial charge in [0.15, 0.2) is 0 Å². The van der Waals surface area contributed by atoms with Crippen molar-refractivity contribution < 1.29 is 14.5 Å².